The molecule has 3 heterocycles. The maximum atomic E-state index is 12.8. The number of benzene rings is 1. The van der Waals surface area contributed by atoms with Gasteiger partial charge in [0.05, 0.1) is 6.04 Å². The SMILES string of the molecule is Cn1nccc1C(=O)N1[C@@H]2CC[C@@H]1C=C(c1ccccc1)C2. The number of aromatic nitrogens is 2. The van der Waals surface area contributed by atoms with Gasteiger partial charge in [0.25, 0.3) is 5.91 Å². The van der Waals surface area contributed by atoms with Crippen LogP contribution in [0.1, 0.15) is 35.3 Å². The molecule has 1 saturated heterocycles. The molecule has 112 valence electrons. The molecule has 0 radical (unpaired) electrons. The van der Waals surface area contributed by atoms with Gasteiger partial charge in [0.15, 0.2) is 0 Å². The lowest BCUT2D eigenvalue weighted by Crippen LogP contribution is -2.43. The Bertz CT molecular complexity index is 732. The Balaban J connectivity index is 1.65. The van der Waals surface area contributed by atoms with Gasteiger partial charge in [0, 0.05) is 19.3 Å². The molecule has 1 fully saturated rings. The van der Waals surface area contributed by atoms with E-state index >= 15 is 0 Å². The normalized spacial score (nSPS) is 23.5. The van der Waals surface area contributed by atoms with Crippen molar-refractivity contribution >= 4 is 11.5 Å². The molecule has 1 amide bonds. The molecular formula is C18H19N3O. The molecular weight excluding hydrogens is 274 g/mol. The summed E-state index contributed by atoms with van der Waals surface area (Å²) in [6.45, 7) is 0. The van der Waals surface area contributed by atoms with Crippen LogP contribution in [0.3, 0.4) is 0 Å². The molecule has 2 atom stereocenters. The van der Waals surface area contributed by atoms with Crippen molar-refractivity contribution in [2.45, 2.75) is 31.3 Å². The van der Waals surface area contributed by atoms with Gasteiger partial charge in [-0.1, -0.05) is 36.4 Å². The minimum atomic E-state index is 0.107. The zero-order valence-corrected chi connectivity index (χ0v) is 12.6. The van der Waals surface area contributed by atoms with Gasteiger partial charge in [0.2, 0.25) is 0 Å². The fraction of sp³-hybridized carbons (Fsp3) is 0.333. The summed E-state index contributed by atoms with van der Waals surface area (Å²) in [5, 5.41) is 4.12. The highest BCUT2D eigenvalue weighted by Crippen LogP contribution is 2.39. The average Bonchev–Trinajstić information content (AvgIpc) is 3.08. The van der Waals surface area contributed by atoms with Crippen LogP contribution < -0.4 is 0 Å². The summed E-state index contributed by atoms with van der Waals surface area (Å²) >= 11 is 0. The van der Waals surface area contributed by atoms with Crippen LogP contribution in [0.15, 0.2) is 48.7 Å². The van der Waals surface area contributed by atoms with Crippen molar-refractivity contribution in [2.75, 3.05) is 0 Å². The summed E-state index contributed by atoms with van der Waals surface area (Å²) < 4.78 is 1.66. The number of fused-ring (bicyclic) bond motifs is 2. The van der Waals surface area contributed by atoms with Crippen LogP contribution in [0.4, 0.5) is 0 Å². The summed E-state index contributed by atoms with van der Waals surface area (Å²) in [5.74, 6) is 0.107. The molecule has 2 aliphatic heterocycles. The van der Waals surface area contributed by atoms with Crippen LogP contribution in [0.25, 0.3) is 5.57 Å². The highest BCUT2D eigenvalue weighted by molar-refractivity contribution is 5.94. The van der Waals surface area contributed by atoms with E-state index in [9.17, 15) is 4.79 Å². The second-order valence-electron chi connectivity index (χ2n) is 6.11. The van der Waals surface area contributed by atoms with Gasteiger partial charge in [0.1, 0.15) is 5.69 Å². The molecule has 0 spiro atoms. The van der Waals surface area contributed by atoms with Crippen LogP contribution in [0.5, 0.6) is 0 Å². The van der Waals surface area contributed by atoms with Gasteiger partial charge in [-0.2, -0.15) is 5.10 Å². The van der Waals surface area contributed by atoms with Crippen LogP contribution in [-0.2, 0) is 7.05 Å². The van der Waals surface area contributed by atoms with Gasteiger partial charge < -0.3 is 4.90 Å². The first kappa shape index (κ1) is 13.3. The summed E-state index contributed by atoms with van der Waals surface area (Å²) in [6, 6.07) is 12.8. The van der Waals surface area contributed by atoms with E-state index in [2.05, 4.69) is 40.3 Å². The van der Waals surface area contributed by atoms with E-state index < -0.39 is 0 Å². The van der Waals surface area contributed by atoms with Crippen molar-refractivity contribution in [3.63, 3.8) is 0 Å². The standard InChI is InChI=1S/C18H19N3O/c1-20-17(9-10-19-20)18(22)21-15-7-8-16(21)12-14(11-15)13-5-3-2-4-6-13/h2-6,9-11,15-16H,7-8,12H2,1H3/t15-,16-/m1/s1. The van der Waals surface area contributed by atoms with Crippen LogP contribution >= 0.6 is 0 Å². The highest BCUT2D eigenvalue weighted by atomic mass is 16.2. The number of rotatable bonds is 2. The van der Waals surface area contributed by atoms with E-state index in [4.69, 9.17) is 0 Å². The Hall–Kier alpha value is -2.36. The van der Waals surface area contributed by atoms with Gasteiger partial charge in [-0.25, -0.2) is 0 Å². The molecule has 22 heavy (non-hydrogen) atoms. The van der Waals surface area contributed by atoms with Crippen LogP contribution in [-0.4, -0.2) is 32.7 Å². The zero-order valence-electron chi connectivity index (χ0n) is 12.6. The van der Waals surface area contributed by atoms with Crippen molar-refractivity contribution in [3.8, 4) is 0 Å². The van der Waals surface area contributed by atoms with E-state index in [1.807, 2.05) is 13.1 Å². The van der Waals surface area contributed by atoms with Crippen molar-refractivity contribution in [1.29, 1.82) is 0 Å². The number of hydrogen-bond acceptors (Lipinski definition) is 2. The maximum absolute atomic E-state index is 12.8. The lowest BCUT2D eigenvalue weighted by molar-refractivity contribution is 0.0681. The Labute approximate surface area is 130 Å². The van der Waals surface area contributed by atoms with E-state index in [1.54, 1.807) is 16.9 Å². The third-order valence-electron chi connectivity index (χ3n) is 4.81. The predicted octanol–water partition coefficient (Wildman–Crippen LogP) is 2.88. The number of aryl methyl sites for hydroxylation is 1. The molecule has 1 aromatic heterocycles. The lowest BCUT2D eigenvalue weighted by Gasteiger charge is -2.34. The zero-order chi connectivity index (χ0) is 15.1. The molecule has 1 aromatic carbocycles. The monoisotopic (exact) mass is 293 g/mol. The molecule has 0 unspecified atom stereocenters. The van der Waals surface area contributed by atoms with Gasteiger partial charge in [-0.05, 0) is 36.5 Å². The lowest BCUT2D eigenvalue weighted by atomic mass is 9.94. The van der Waals surface area contributed by atoms with Crippen LogP contribution in [0.2, 0.25) is 0 Å². The van der Waals surface area contributed by atoms with Crippen molar-refractivity contribution in [1.82, 2.24) is 14.7 Å². The summed E-state index contributed by atoms with van der Waals surface area (Å²) in [6.07, 6.45) is 7.06. The number of hydrogen-bond donors (Lipinski definition) is 0. The largest absolute Gasteiger partial charge is 0.328 e. The molecule has 4 heteroatoms. The molecule has 2 aliphatic rings. The average molecular weight is 293 g/mol. The Morgan fingerprint density at radius 2 is 2.00 bits per heavy atom. The van der Waals surface area contributed by atoms with Gasteiger partial charge in [-0.3, -0.25) is 9.48 Å². The number of carbonyl (C=O) groups is 1. The summed E-state index contributed by atoms with van der Waals surface area (Å²) in [4.78, 5) is 14.9. The maximum Gasteiger partial charge on any atom is 0.272 e. The Kier molecular flexibility index (Phi) is 3.10. The van der Waals surface area contributed by atoms with E-state index in [-0.39, 0.29) is 11.9 Å². The molecule has 4 rings (SSSR count). The number of carbonyl (C=O) groups excluding carboxylic acids is 1. The van der Waals surface area contributed by atoms with Gasteiger partial charge >= 0.3 is 0 Å². The smallest absolute Gasteiger partial charge is 0.272 e. The highest BCUT2D eigenvalue weighted by Gasteiger charge is 2.40. The quantitative estimate of drug-likeness (QED) is 0.854. The van der Waals surface area contributed by atoms with Crippen molar-refractivity contribution in [2.24, 2.45) is 7.05 Å². The van der Waals surface area contributed by atoms with Crippen LogP contribution in [0, 0.1) is 0 Å². The Morgan fingerprint density at radius 1 is 1.18 bits per heavy atom. The van der Waals surface area contributed by atoms with Crippen molar-refractivity contribution in [3.05, 3.63) is 59.9 Å². The topological polar surface area (TPSA) is 38.1 Å². The number of amides is 1. The summed E-state index contributed by atoms with van der Waals surface area (Å²) in [5.41, 5.74) is 3.34. The summed E-state index contributed by atoms with van der Waals surface area (Å²) in [7, 11) is 1.82. The fourth-order valence-corrected chi connectivity index (χ4v) is 3.73. The minimum Gasteiger partial charge on any atom is -0.328 e. The third kappa shape index (κ3) is 2.06. The first-order valence-electron chi connectivity index (χ1n) is 7.81. The second kappa shape index (κ2) is 5.13. The van der Waals surface area contributed by atoms with Crippen molar-refractivity contribution < 1.29 is 4.79 Å². The molecule has 2 aromatic rings. The molecule has 0 aliphatic carbocycles. The molecule has 4 nitrogen and oxygen atoms in total. The third-order valence-corrected chi connectivity index (χ3v) is 4.81. The minimum absolute atomic E-state index is 0.107. The van der Waals surface area contributed by atoms with E-state index in [1.165, 1.54) is 11.1 Å². The van der Waals surface area contributed by atoms with Gasteiger partial charge in [-0.15, -0.1) is 0 Å². The molecule has 2 bridgehead atoms. The molecule has 0 saturated carbocycles. The van der Waals surface area contributed by atoms with E-state index in [0.29, 0.717) is 11.7 Å². The van der Waals surface area contributed by atoms with E-state index in [0.717, 1.165) is 19.3 Å². The Morgan fingerprint density at radius 3 is 2.68 bits per heavy atom. The fourth-order valence-electron chi connectivity index (χ4n) is 3.73. The first-order valence-corrected chi connectivity index (χ1v) is 7.81. The first-order chi connectivity index (χ1) is 10.7. The number of nitrogens with zero attached hydrogens (tertiary/aromatic N) is 3. The second-order valence-corrected chi connectivity index (χ2v) is 6.11. The molecule has 0 N–H and O–H groups in total. The predicted molar refractivity (Wildman–Crippen MR) is 85.2 cm³/mol.